The minimum Gasteiger partial charge on any atom is -0.340 e. The fourth-order valence-corrected chi connectivity index (χ4v) is 4.08. The number of hydrogen-bond donors (Lipinski definition) is 1. The van der Waals surface area contributed by atoms with Crippen molar-refractivity contribution in [2.75, 3.05) is 5.32 Å². The first kappa shape index (κ1) is 18.3. The van der Waals surface area contributed by atoms with E-state index in [4.69, 9.17) is 9.97 Å². The SMILES string of the molecule is CCc1cc2c(Nc3cccc(C(C)=O)c3)nc(Cc3ccccc3)nc2s1. The van der Waals surface area contributed by atoms with Crippen molar-refractivity contribution >= 4 is 38.8 Å². The van der Waals surface area contributed by atoms with Crippen molar-refractivity contribution < 1.29 is 4.79 Å². The zero-order valence-corrected chi connectivity index (χ0v) is 16.7. The molecule has 2 aromatic carbocycles. The predicted molar refractivity (Wildman–Crippen MR) is 116 cm³/mol. The van der Waals surface area contributed by atoms with Crippen molar-refractivity contribution in [2.24, 2.45) is 0 Å². The molecule has 0 saturated carbocycles. The molecular formula is C23H21N3OS. The molecule has 28 heavy (non-hydrogen) atoms. The molecule has 0 spiro atoms. The molecule has 4 nitrogen and oxygen atoms in total. The van der Waals surface area contributed by atoms with Crippen LogP contribution in [0.1, 0.15) is 40.5 Å². The maximum absolute atomic E-state index is 11.7. The van der Waals surface area contributed by atoms with Gasteiger partial charge in [0.1, 0.15) is 16.5 Å². The lowest BCUT2D eigenvalue weighted by atomic mass is 10.1. The molecule has 5 heteroatoms. The number of ketones is 1. The molecule has 4 rings (SSSR count). The van der Waals surface area contributed by atoms with Crippen LogP contribution in [0.3, 0.4) is 0 Å². The van der Waals surface area contributed by atoms with Crippen LogP contribution in [0.5, 0.6) is 0 Å². The molecule has 0 atom stereocenters. The Kier molecular flexibility index (Phi) is 5.17. The molecule has 1 N–H and O–H groups in total. The maximum atomic E-state index is 11.7. The minimum atomic E-state index is 0.0463. The zero-order valence-electron chi connectivity index (χ0n) is 15.9. The van der Waals surface area contributed by atoms with Crippen molar-refractivity contribution in [3.05, 3.63) is 82.5 Å². The van der Waals surface area contributed by atoms with E-state index in [-0.39, 0.29) is 5.78 Å². The monoisotopic (exact) mass is 387 g/mol. The number of Topliss-reactive ketones (excluding diaryl/α,β-unsaturated/α-hetero) is 1. The summed E-state index contributed by atoms with van der Waals surface area (Å²) in [5, 5.41) is 4.43. The predicted octanol–water partition coefficient (Wildman–Crippen LogP) is 5.79. The Bertz CT molecular complexity index is 1140. The van der Waals surface area contributed by atoms with Gasteiger partial charge in [-0.15, -0.1) is 11.3 Å². The van der Waals surface area contributed by atoms with Gasteiger partial charge in [-0.1, -0.05) is 49.4 Å². The first-order valence-electron chi connectivity index (χ1n) is 9.33. The van der Waals surface area contributed by atoms with E-state index in [2.05, 4.69) is 30.4 Å². The van der Waals surface area contributed by atoms with E-state index in [0.717, 1.165) is 34.0 Å². The van der Waals surface area contributed by atoms with Crippen LogP contribution in [0.25, 0.3) is 10.2 Å². The maximum Gasteiger partial charge on any atom is 0.159 e. The number of benzene rings is 2. The van der Waals surface area contributed by atoms with Crippen LogP contribution < -0.4 is 5.32 Å². The molecule has 0 aliphatic rings. The average Bonchev–Trinajstić information content (AvgIpc) is 3.12. The third kappa shape index (κ3) is 3.94. The van der Waals surface area contributed by atoms with Crippen LogP contribution in [0.2, 0.25) is 0 Å². The highest BCUT2D eigenvalue weighted by Gasteiger charge is 2.13. The smallest absolute Gasteiger partial charge is 0.159 e. The third-order valence-electron chi connectivity index (χ3n) is 4.58. The van der Waals surface area contributed by atoms with Gasteiger partial charge in [0.2, 0.25) is 0 Å². The average molecular weight is 388 g/mol. The number of rotatable bonds is 6. The third-order valence-corrected chi connectivity index (χ3v) is 5.75. The van der Waals surface area contributed by atoms with Gasteiger partial charge in [0.15, 0.2) is 5.78 Å². The summed E-state index contributed by atoms with van der Waals surface area (Å²) in [6.45, 7) is 3.72. The normalized spacial score (nSPS) is 10.9. The number of carbonyl (C=O) groups is 1. The summed E-state index contributed by atoms with van der Waals surface area (Å²) in [5.41, 5.74) is 2.71. The van der Waals surface area contributed by atoms with Gasteiger partial charge in [-0.2, -0.15) is 0 Å². The second-order valence-corrected chi connectivity index (χ2v) is 7.81. The number of aryl methyl sites for hydroxylation is 1. The lowest BCUT2D eigenvalue weighted by Crippen LogP contribution is -2.02. The van der Waals surface area contributed by atoms with Crippen molar-refractivity contribution in [1.29, 1.82) is 0 Å². The number of nitrogens with zero attached hydrogens (tertiary/aromatic N) is 2. The summed E-state index contributed by atoms with van der Waals surface area (Å²) in [7, 11) is 0. The van der Waals surface area contributed by atoms with Crippen LogP contribution in [0.15, 0.2) is 60.7 Å². The fourth-order valence-electron chi connectivity index (χ4n) is 3.10. The van der Waals surface area contributed by atoms with Crippen molar-refractivity contribution in [1.82, 2.24) is 9.97 Å². The van der Waals surface area contributed by atoms with Crippen LogP contribution in [0.4, 0.5) is 11.5 Å². The topological polar surface area (TPSA) is 54.9 Å². The summed E-state index contributed by atoms with van der Waals surface area (Å²) in [5.74, 6) is 1.62. The Morgan fingerprint density at radius 1 is 1.04 bits per heavy atom. The first-order chi connectivity index (χ1) is 13.6. The molecule has 2 heterocycles. The highest BCUT2D eigenvalue weighted by Crippen LogP contribution is 2.31. The molecule has 0 saturated heterocycles. The molecule has 0 aliphatic carbocycles. The Balaban J connectivity index is 1.75. The number of thiophene rings is 1. The molecule has 0 fully saturated rings. The Hall–Kier alpha value is -3.05. The van der Waals surface area contributed by atoms with E-state index in [9.17, 15) is 4.79 Å². The van der Waals surface area contributed by atoms with Gasteiger partial charge in [0.25, 0.3) is 0 Å². The Labute approximate surface area is 168 Å². The molecule has 0 unspecified atom stereocenters. The fraction of sp³-hybridized carbons (Fsp3) is 0.174. The summed E-state index contributed by atoms with van der Waals surface area (Å²) >= 11 is 1.71. The molecule has 0 bridgehead atoms. The number of anilines is 2. The highest BCUT2D eigenvalue weighted by atomic mass is 32.1. The minimum absolute atomic E-state index is 0.0463. The molecule has 0 aliphatic heterocycles. The second-order valence-electron chi connectivity index (χ2n) is 6.70. The van der Waals surface area contributed by atoms with Crippen molar-refractivity contribution in [3.63, 3.8) is 0 Å². The number of nitrogens with one attached hydrogen (secondary N) is 1. The largest absolute Gasteiger partial charge is 0.340 e. The van der Waals surface area contributed by atoms with Gasteiger partial charge >= 0.3 is 0 Å². The number of carbonyl (C=O) groups excluding carboxylic acids is 1. The molecule has 0 radical (unpaired) electrons. The summed E-state index contributed by atoms with van der Waals surface area (Å²) in [6.07, 6.45) is 1.65. The van der Waals surface area contributed by atoms with Crippen LogP contribution in [0, 0.1) is 0 Å². The number of fused-ring (bicyclic) bond motifs is 1. The summed E-state index contributed by atoms with van der Waals surface area (Å²) < 4.78 is 0. The van der Waals surface area contributed by atoms with E-state index in [1.54, 1.807) is 18.3 Å². The van der Waals surface area contributed by atoms with Crippen LogP contribution in [-0.4, -0.2) is 15.8 Å². The Morgan fingerprint density at radius 3 is 2.61 bits per heavy atom. The molecule has 140 valence electrons. The first-order valence-corrected chi connectivity index (χ1v) is 10.2. The van der Waals surface area contributed by atoms with E-state index in [0.29, 0.717) is 12.0 Å². The van der Waals surface area contributed by atoms with Gasteiger partial charge < -0.3 is 5.32 Å². The summed E-state index contributed by atoms with van der Waals surface area (Å²) in [6, 6.07) is 19.9. The van der Waals surface area contributed by atoms with Crippen LogP contribution >= 0.6 is 11.3 Å². The molecule has 4 aromatic rings. The van der Waals surface area contributed by atoms with E-state index >= 15 is 0 Å². The van der Waals surface area contributed by atoms with Gasteiger partial charge in [-0.3, -0.25) is 4.79 Å². The second kappa shape index (κ2) is 7.90. The van der Waals surface area contributed by atoms with Crippen LogP contribution in [-0.2, 0) is 12.8 Å². The molecule has 2 aromatic heterocycles. The van der Waals surface area contributed by atoms with Gasteiger partial charge in [0.05, 0.1) is 5.39 Å². The van der Waals surface area contributed by atoms with Gasteiger partial charge in [-0.05, 0) is 37.1 Å². The number of aromatic nitrogens is 2. The number of hydrogen-bond acceptors (Lipinski definition) is 5. The molecule has 0 amide bonds. The van der Waals surface area contributed by atoms with E-state index < -0.39 is 0 Å². The lowest BCUT2D eigenvalue weighted by molar-refractivity contribution is 0.101. The van der Waals surface area contributed by atoms with Gasteiger partial charge in [-0.25, -0.2) is 9.97 Å². The van der Waals surface area contributed by atoms with Crippen molar-refractivity contribution in [2.45, 2.75) is 26.7 Å². The zero-order chi connectivity index (χ0) is 19.5. The lowest BCUT2D eigenvalue weighted by Gasteiger charge is -2.10. The summed E-state index contributed by atoms with van der Waals surface area (Å²) in [4.78, 5) is 23.6. The molecular weight excluding hydrogens is 366 g/mol. The van der Waals surface area contributed by atoms with E-state index in [1.807, 2.05) is 42.5 Å². The highest BCUT2D eigenvalue weighted by molar-refractivity contribution is 7.18. The van der Waals surface area contributed by atoms with Gasteiger partial charge in [0, 0.05) is 22.5 Å². The Morgan fingerprint density at radius 2 is 1.86 bits per heavy atom. The quantitative estimate of drug-likeness (QED) is 0.425. The standard InChI is InChI=1S/C23H21N3OS/c1-3-19-14-20-22(24-18-11-7-10-17(13-18)15(2)27)25-21(26-23(20)28-19)12-16-8-5-4-6-9-16/h4-11,13-14H,3,12H2,1-2H3,(H,24,25,26). The van der Waals surface area contributed by atoms with E-state index in [1.165, 1.54) is 10.4 Å². The van der Waals surface area contributed by atoms with Crippen molar-refractivity contribution in [3.8, 4) is 0 Å².